The predicted molar refractivity (Wildman–Crippen MR) is 98.2 cm³/mol. The first-order valence-electron chi connectivity index (χ1n) is 9.61. The van der Waals surface area contributed by atoms with E-state index in [1.807, 2.05) is 20.8 Å². The van der Waals surface area contributed by atoms with Crippen LogP contribution >= 0.6 is 0 Å². The van der Waals surface area contributed by atoms with Gasteiger partial charge >= 0.3 is 0 Å². The van der Waals surface area contributed by atoms with Crippen molar-refractivity contribution in [3.05, 3.63) is 0 Å². The number of carbonyl (C=O) groups is 2. The van der Waals surface area contributed by atoms with Crippen LogP contribution < -0.4 is 0 Å². The fraction of sp³-hybridized carbons (Fsp3) is 0.895. The zero-order valence-electron chi connectivity index (χ0n) is 16.5. The molecule has 1 aliphatic heterocycles. The molecule has 2 amide bonds. The number of aliphatic hydroxyl groups is 1. The fourth-order valence-corrected chi connectivity index (χ4v) is 3.29. The lowest BCUT2D eigenvalue weighted by Crippen LogP contribution is -2.63. The molecule has 0 aromatic rings. The fourth-order valence-electron chi connectivity index (χ4n) is 3.29. The van der Waals surface area contributed by atoms with E-state index < -0.39 is 6.04 Å². The summed E-state index contributed by atoms with van der Waals surface area (Å²) in [7, 11) is 1.71. The third-order valence-electron chi connectivity index (χ3n) is 5.15. The van der Waals surface area contributed by atoms with Crippen molar-refractivity contribution in [1.29, 1.82) is 0 Å². The van der Waals surface area contributed by atoms with Crippen molar-refractivity contribution in [1.82, 2.24) is 9.80 Å². The lowest BCUT2D eigenvalue weighted by molar-refractivity contribution is -0.160. The van der Waals surface area contributed by atoms with E-state index in [9.17, 15) is 14.7 Å². The number of hydrogen-bond donors (Lipinski definition) is 1. The largest absolute Gasteiger partial charge is 0.393 e. The Morgan fingerprint density at radius 3 is 1.76 bits per heavy atom. The standard InChI is InChI=1S/C19H36N2O4/c1-14(22)10-6-8-12-20-16(3)19(24)21(17(4)18(20)23)13-9-7-11-15(2)25-5/h14-17,22H,6-13H2,1-5H3/t14-,15-,16?,17?/m1/s1. The van der Waals surface area contributed by atoms with E-state index in [1.165, 1.54) is 0 Å². The maximum atomic E-state index is 12.7. The predicted octanol–water partition coefficient (Wildman–Crippen LogP) is 2.19. The molecule has 6 heteroatoms. The molecule has 0 radical (unpaired) electrons. The maximum absolute atomic E-state index is 12.7. The summed E-state index contributed by atoms with van der Waals surface area (Å²) in [5.74, 6) is 0.0804. The number of rotatable bonds is 11. The summed E-state index contributed by atoms with van der Waals surface area (Å²) >= 11 is 0. The monoisotopic (exact) mass is 356 g/mol. The van der Waals surface area contributed by atoms with Gasteiger partial charge in [0.15, 0.2) is 0 Å². The Morgan fingerprint density at radius 1 is 0.920 bits per heavy atom. The Bertz CT molecular complexity index is 428. The number of ether oxygens (including phenoxy) is 1. The van der Waals surface area contributed by atoms with Crippen LogP contribution in [0.3, 0.4) is 0 Å². The molecule has 1 heterocycles. The highest BCUT2D eigenvalue weighted by Crippen LogP contribution is 2.20. The van der Waals surface area contributed by atoms with Crippen LogP contribution in [0.25, 0.3) is 0 Å². The van der Waals surface area contributed by atoms with Crippen LogP contribution in [0.4, 0.5) is 0 Å². The Hall–Kier alpha value is -1.14. The summed E-state index contributed by atoms with van der Waals surface area (Å²) in [5.41, 5.74) is 0. The molecule has 0 saturated carbocycles. The number of unbranched alkanes of at least 4 members (excludes halogenated alkanes) is 2. The molecular formula is C19H36N2O4. The first-order chi connectivity index (χ1) is 11.8. The molecule has 1 N–H and O–H groups in total. The SMILES string of the molecule is CO[C@H](C)CCCCN1C(=O)C(C)N(CCCC[C@@H](C)O)C(=O)C1C. The molecule has 0 aliphatic carbocycles. The van der Waals surface area contributed by atoms with Crippen molar-refractivity contribution >= 4 is 11.8 Å². The van der Waals surface area contributed by atoms with Crippen molar-refractivity contribution in [2.24, 2.45) is 0 Å². The van der Waals surface area contributed by atoms with Crippen LogP contribution in [-0.2, 0) is 14.3 Å². The van der Waals surface area contributed by atoms with Crippen LogP contribution in [0.2, 0.25) is 0 Å². The topological polar surface area (TPSA) is 70.1 Å². The van der Waals surface area contributed by atoms with E-state index in [0.29, 0.717) is 13.1 Å². The molecule has 0 bridgehead atoms. The Labute approximate surface area is 152 Å². The Kier molecular flexibility index (Phi) is 9.43. The van der Waals surface area contributed by atoms with Crippen molar-refractivity contribution in [3.63, 3.8) is 0 Å². The van der Waals surface area contributed by atoms with Crippen LogP contribution in [-0.4, -0.2) is 71.2 Å². The summed E-state index contributed by atoms with van der Waals surface area (Å²) in [5, 5.41) is 9.32. The molecule has 0 aromatic carbocycles. The summed E-state index contributed by atoms with van der Waals surface area (Å²) in [6.07, 6.45) is 5.15. The van der Waals surface area contributed by atoms with E-state index in [1.54, 1.807) is 23.8 Å². The molecule has 25 heavy (non-hydrogen) atoms. The highest BCUT2D eigenvalue weighted by Gasteiger charge is 2.40. The highest BCUT2D eigenvalue weighted by atomic mass is 16.5. The molecule has 6 nitrogen and oxygen atoms in total. The average Bonchev–Trinajstić information content (AvgIpc) is 2.58. The molecule has 1 saturated heterocycles. The molecule has 4 atom stereocenters. The zero-order chi connectivity index (χ0) is 19.0. The zero-order valence-corrected chi connectivity index (χ0v) is 16.5. The van der Waals surface area contributed by atoms with Gasteiger partial charge in [-0.2, -0.15) is 0 Å². The molecule has 1 rings (SSSR count). The average molecular weight is 357 g/mol. The van der Waals surface area contributed by atoms with E-state index in [-0.39, 0.29) is 30.1 Å². The highest BCUT2D eigenvalue weighted by molar-refractivity contribution is 5.96. The van der Waals surface area contributed by atoms with Gasteiger partial charge in [0.25, 0.3) is 0 Å². The van der Waals surface area contributed by atoms with Crippen molar-refractivity contribution in [2.45, 2.75) is 90.5 Å². The molecule has 0 spiro atoms. The van der Waals surface area contributed by atoms with Crippen molar-refractivity contribution in [3.8, 4) is 0 Å². The number of hydrogen-bond acceptors (Lipinski definition) is 4. The molecule has 2 unspecified atom stereocenters. The third-order valence-corrected chi connectivity index (χ3v) is 5.15. The third kappa shape index (κ3) is 6.59. The van der Waals surface area contributed by atoms with Gasteiger partial charge in [-0.15, -0.1) is 0 Å². The number of nitrogens with zero attached hydrogens (tertiary/aromatic N) is 2. The Balaban J connectivity index is 2.50. The van der Waals surface area contributed by atoms with E-state index in [0.717, 1.165) is 38.5 Å². The van der Waals surface area contributed by atoms with Gasteiger partial charge in [-0.05, 0) is 66.2 Å². The Morgan fingerprint density at radius 2 is 1.36 bits per heavy atom. The van der Waals surface area contributed by atoms with Gasteiger partial charge in [-0.3, -0.25) is 9.59 Å². The number of carbonyl (C=O) groups excluding carboxylic acids is 2. The number of aliphatic hydroxyl groups excluding tert-OH is 1. The summed E-state index contributed by atoms with van der Waals surface area (Å²) in [6, 6.07) is -0.784. The lowest BCUT2D eigenvalue weighted by Gasteiger charge is -2.43. The van der Waals surface area contributed by atoms with E-state index >= 15 is 0 Å². The molecule has 146 valence electrons. The van der Waals surface area contributed by atoms with Crippen LogP contribution in [0.15, 0.2) is 0 Å². The smallest absolute Gasteiger partial charge is 0.245 e. The number of methoxy groups -OCH3 is 1. The second-order valence-electron chi connectivity index (χ2n) is 7.30. The first-order valence-corrected chi connectivity index (χ1v) is 9.61. The van der Waals surface area contributed by atoms with Crippen molar-refractivity contribution < 1.29 is 19.4 Å². The van der Waals surface area contributed by atoms with Gasteiger partial charge in [-0.25, -0.2) is 0 Å². The van der Waals surface area contributed by atoms with Gasteiger partial charge in [0, 0.05) is 20.2 Å². The van der Waals surface area contributed by atoms with E-state index in [2.05, 4.69) is 0 Å². The van der Waals surface area contributed by atoms with Crippen molar-refractivity contribution in [2.75, 3.05) is 20.2 Å². The summed E-state index contributed by atoms with van der Waals surface area (Å²) in [4.78, 5) is 28.8. The molecule has 0 aromatic heterocycles. The van der Waals surface area contributed by atoms with Crippen LogP contribution in [0.5, 0.6) is 0 Å². The minimum atomic E-state index is -0.395. The molecule has 1 fully saturated rings. The molecule has 1 aliphatic rings. The molecular weight excluding hydrogens is 320 g/mol. The quantitative estimate of drug-likeness (QED) is 0.576. The van der Waals surface area contributed by atoms with E-state index in [4.69, 9.17) is 4.74 Å². The lowest BCUT2D eigenvalue weighted by atomic mass is 10.0. The van der Waals surface area contributed by atoms with Crippen LogP contribution in [0, 0.1) is 0 Å². The number of piperazine rings is 1. The minimum absolute atomic E-state index is 0.0365. The second kappa shape index (κ2) is 10.8. The maximum Gasteiger partial charge on any atom is 0.245 e. The van der Waals surface area contributed by atoms with Gasteiger partial charge in [0.2, 0.25) is 11.8 Å². The normalized spacial score (nSPS) is 23.9. The van der Waals surface area contributed by atoms with Gasteiger partial charge in [0.05, 0.1) is 12.2 Å². The van der Waals surface area contributed by atoms with Gasteiger partial charge < -0.3 is 19.6 Å². The summed E-state index contributed by atoms with van der Waals surface area (Å²) in [6.45, 7) is 8.67. The minimum Gasteiger partial charge on any atom is -0.393 e. The first kappa shape index (κ1) is 21.9. The second-order valence-corrected chi connectivity index (χ2v) is 7.30. The van der Waals surface area contributed by atoms with Gasteiger partial charge in [0.1, 0.15) is 12.1 Å². The van der Waals surface area contributed by atoms with Crippen LogP contribution in [0.1, 0.15) is 66.2 Å². The summed E-state index contributed by atoms with van der Waals surface area (Å²) < 4.78 is 5.24. The number of amides is 2. The van der Waals surface area contributed by atoms with Gasteiger partial charge in [-0.1, -0.05) is 0 Å².